The molecule has 2 aromatic heterocycles. The van der Waals surface area contributed by atoms with E-state index in [0.717, 1.165) is 17.1 Å². The molecule has 3 rings (SSSR count). The molecule has 0 spiro atoms. The van der Waals surface area contributed by atoms with Crippen LogP contribution in [0.1, 0.15) is 40.4 Å². The van der Waals surface area contributed by atoms with Crippen molar-refractivity contribution < 1.29 is 9.21 Å². The molecule has 5 heteroatoms. The lowest BCUT2D eigenvalue weighted by Crippen LogP contribution is -2.26. The summed E-state index contributed by atoms with van der Waals surface area (Å²) in [6.45, 7) is 4.48. The van der Waals surface area contributed by atoms with Crippen LogP contribution in [0.5, 0.6) is 0 Å². The molecule has 1 aromatic carbocycles. The van der Waals surface area contributed by atoms with Crippen molar-refractivity contribution in [1.29, 1.82) is 0 Å². The number of nitrogens with zero attached hydrogens (tertiary/aromatic N) is 2. The van der Waals surface area contributed by atoms with Gasteiger partial charge in [0.15, 0.2) is 0 Å². The summed E-state index contributed by atoms with van der Waals surface area (Å²) >= 11 is 0. The summed E-state index contributed by atoms with van der Waals surface area (Å²) in [6.07, 6.45) is 3.66. The lowest BCUT2D eigenvalue weighted by atomic mass is 10.1. The second-order valence-corrected chi connectivity index (χ2v) is 5.54. The molecule has 23 heavy (non-hydrogen) atoms. The number of aryl methyl sites for hydroxylation is 1. The summed E-state index contributed by atoms with van der Waals surface area (Å²) < 4.78 is 7.38. The van der Waals surface area contributed by atoms with Gasteiger partial charge < -0.3 is 9.73 Å². The minimum absolute atomic E-state index is 0.114. The smallest absolute Gasteiger partial charge is 0.251 e. The van der Waals surface area contributed by atoms with E-state index >= 15 is 0 Å². The van der Waals surface area contributed by atoms with Gasteiger partial charge in [0.1, 0.15) is 11.5 Å². The monoisotopic (exact) mass is 309 g/mol. The largest absolute Gasteiger partial charge is 0.464 e. The molecule has 0 saturated heterocycles. The van der Waals surface area contributed by atoms with Gasteiger partial charge in [-0.25, -0.2) is 0 Å². The summed E-state index contributed by atoms with van der Waals surface area (Å²) in [5.41, 5.74) is 1.73. The molecule has 0 aliphatic rings. The maximum atomic E-state index is 12.3. The first-order valence-electron chi connectivity index (χ1n) is 7.55. The number of nitrogens with one attached hydrogen (secondary N) is 1. The number of rotatable bonds is 5. The van der Waals surface area contributed by atoms with Crippen LogP contribution < -0.4 is 5.32 Å². The topological polar surface area (TPSA) is 60.1 Å². The summed E-state index contributed by atoms with van der Waals surface area (Å²) in [6, 6.07) is 13.0. The third kappa shape index (κ3) is 3.69. The number of furan rings is 1. The molecule has 1 unspecified atom stereocenters. The van der Waals surface area contributed by atoms with Crippen LogP contribution in [0.25, 0.3) is 0 Å². The van der Waals surface area contributed by atoms with Crippen LogP contribution in [0.15, 0.2) is 59.3 Å². The van der Waals surface area contributed by atoms with Crippen LogP contribution in [0.3, 0.4) is 0 Å². The Balaban J connectivity index is 1.63. The highest BCUT2D eigenvalue weighted by atomic mass is 16.3. The third-order valence-electron chi connectivity index (χ3n) is 3.66. The fourth-order valence-corrected chi connectivity index (χ4v) is 2.38. The van der Waals surface area contributed by atoms with E-state index in [4.69, 9.17) is 4.42 Å². The molecule has 3 aromatic rings. The van der Waals surface area contributed by atoms with Crippen molar-refractivity contribution in [2.24, 2.45) is 0 Å². The molecule has 1 atom stereocenters. The third-order valence-corrected chi connectivity index (χ3v) is 3.66. The molecule has 118 valence electrons. The Morgan fingerprint density at radius 3 is 2.65 bits per heavy atom. The number of carbonyl (C=O) groups excluding carboxylic acids is 1. The number of carbonyl (C=O) groups is 1. The molecule has 2 heterocycles. The van der Waals surface area contributed by atoms with E-state index in [2.05, 4.69) is 10.4 Å². The SMILES string of the molecule is Cc1ccc(C(C)NC(=O)c2ccc(Cn3cccn3)cc2)o1. The van der Waals surface area contributed by atoms with Gasteiger partial charge in [-0.15, -0.1) is 0 Å². The molecular formula is C18H19N3O2. The summed E-state index contributed by atoms with van der Waals surface area (Å²) in [7, 11) is 0. The molecule has 0 radical (unpaired) electrons. The number of aromatic nitrogens is 2. The molecule has 0 aliphatic heterocycles. The number of hydrogen-bond donors (Lipinski definition) is 1. The summed E-state index contributed by atoms with van der Waals surface area (Å²) in [5.74, 6) is 1.48. The van der Waals surface area contributed by atoms with Crippen LogP contribution in [-0.4, -0.2) is 15.7 Å². The fraction of sp³-hybridized carbons (Fsp3) is 0.222. The number of benzene rings is 1. The second kappa shape index (κ2) is 6.52. The van der Waals surface area contributed by atoms with Crippen LogP contribution in [0, 0.1) is 6.92 Å². The van der Waals surface area contributed by atoms with E-state index in [-0.39, 0.29) is 11.9 Å². The Bertz CT molecular complexity index is 773. The number of amides is 1. The predicted octanol–water partition coefficient (Wildman–Crippen LogP) is 3.32. The van der Waals surface area contributed by atoms with Crippen molar-refractivity contribution in [3.8, 4) is 0 Å². The fourth-order valence-electron chi connectivity index (χ4n) is 2.38. The predicted molar refractivity (Wildman–Crippen MR) is 87.1 cm³/mol. The molecule has 0 saturated carbocycles. The maximum Gasteiger partial charge on any atom is 0.251 e. The zero-order valence-electron chi connectivity index (χ0n) is 13.2. The Kier molecular flexibility index (Phi) is 4.28. The van der Waals surface area contributed by atoms with E-state index in [1.54, 1.807) is 6.20 Å². The van der Waals surface area contributed by atoms with Crippen LogP contribution >= 0.6 is 0 Å². The second-order valence-electron chi connectivity index (χ2n) is 5.54. The lowest BCUT2D eigenvalue weighted by molar-refractivity contribution is 0.0935. The Morgan fingerprint density at radius 2 is 2.04 bits per heavy atom. The summed E-state index contributed by atoms with van der Waals surface area (Å²) in [5, 5.41) is 7.11. The van der Waals surface area contributed by atoms with Gasteiger partial charge in [-0.05, 0) is 49.7 Å². The Labute approximate surface area is 134 Å². The van der Waals surface area contributed by atoms with Crippen molar-refractivity contribution in [3.05, 3.63) is 77.5 Å². The first kappa shape index (κ1) is 15.1. The summed E-state index contributed by atoms with van der Waals surface area (Å²) in [4.78, 5) is 12.3. The normalized spacial score (nSPS) is 12.1. The van der Waals surface area contributed by atoms with E-state index in [1.807, 2.05) is 67.2 Å². The zero-order valence-corrected chi connectivity index (χ0v) is 13.2. The first-order chi connectivity index (χ1) is 11.1. The molecular weight excluding hydrogens is 290 g/mol. The van der Waals surface area contributed by atoms with E-state index in [9.17, 15) is 4.79 Å². The van der Waals surface area contributed by atoms with Gasteiger partial charge in [0.2, 0.25) is 0 Å². The van der Waals surface area contributed by atoms with Crippen molar-refractivity contribution in [2.45, 2.75) is 26.4 Å². The average Bonchev–Trinajstić information content (AvgIpc) is 3.19. The highest BCUT2D eigenvalue weighted by molar-refractivity contribution is 5.94. The molecule has 0 bridgehead atoms. The van der Waals surface area contributed by atoms with Gasteiger partial charge >= 0.3 is 0 Å². The minimum atomic E-state index is -0.167. The van der Waals surface area contributed by atoms with Crippen LogP contribution in [0.2, 0.25) is 0 Å². The van der Waals surface area contributed by atoms with Gasteiger partial charge in [-0.1, -0.05) is 12.1 Å². The van der Waals surface area contributed by atoms with Gasteiger partial charge in [0, 0.05) is 18.0 Å². The van der Waals surface area contributed by atoms with Gasteiger partial charge in [-0.2, -0.15) is 5.10 Å². The average molecular weight is 309 g/mol. The molecule has 0 fully saturated rings. The Morgan fingerprint density at radius 1 is 1.26 bits per heavy atom. The van der Waals surface area contributed by atoms with E-state index in [1.165, 1.54) is 0 Å². The van der Waals surface area contributed by atoms with E-state index in [0.29, 0.717) is 12.1 Å². The van der Waals surface area contributed by atoms with Crippen molar-refractivity contribution in [3.63, 3.8) is 0 Å². The van der Waals surface area contributed by atoms with Gasteiger partial charge in [-0.3, -0.25) is 9.48 Å². The highest BCUT2D eigenvalue weighted by Crippen LogP contribution is 2.16. The van der Waals surface area contributed by atoms with Crippen molar-refractivity contribution in [2.75, 3.05) is 0 Å². The first-order valence-corrected chi connectivity index (χ1v) is 7.55. The number of hydrogen-bond acceptors (Lipinski definition) is 3. The Hall–Kier alpha value is -2.82. The standard InChI is InChI=1S/C18H19N3O2/c1-13-4-9-17(23-13)14(2)20-18(22)16-7-5-15(6-8-16)12-21-11-3-10-19-21/h3-11,14H,12H2,1-2H3,(H,20,22). The molecule has 0 aliphatic carbocycles. The van der Waals surface area contributed by atoms with Gasteiger partial charge in [0.05, 0.1) is 12.6 Å². The van der Waals surface area contributed by atoms with Crippen LogP contribution in [-0.2, 0) is 6.54 Å². The lowest BCUT2D eigenvalue weighted by Gasteiger charge is -2.12. The van der Waals surface area contributed by atoms with E-state index < -0.39 is 0 Å². The van der Waals surface area contributed by atoms with Crippen molar-refractivity contribution >= 4 is 5.91 Å². The quantitative estimate of drug-likeness (QED) is 0.786. The molecule has 1 amide bonds. The molecule has 1 N–H and O–H groups in total. The minimum Gasteiger partial charge on any atom is -0.464 e. The van der Waals surface area contributed by atoms with Crippen molar-refractivity contribution in [1.82, 2.24) is 15.1 Å². The molecule has 5 nitrogen and oxygen atoms in total. The highest BCUT2D eigenvalue weighted by Gasteiger charge is 2.14. The van der Waals surface area contributed by atoms with Crippen LogP contribution in [0.4, 0.5) is 0 Å². The zero-order chi connectivity index (χ0) is 16.2. The maximum absolute atomic E-state index is 12.3. The van der Waals surface area contributed by atoms with Gasteiger partial charge in [0.25, 0.3) is 5.91 Å².